The summed E-state index contributed by atoms with van der Waals surface area (Å²) in [5, 5.41) is 3.25. The van der Waals surface area contributed by atoms with Crippen molar-refractivity contribution in [3.05, 3.63) is 82.1 Å². The summed E-state index contributed by atoms with van der Waals surface area (Å²) in [5.41, 5.74) is 3.12. The molecule has 1 saturated heterocycles. The van der Waals surface area contributed by atoms with Crippen LogP contribution in [0.4, 0.5) is 0 Å². The number of aryl methyl sites for hydroxylation is 1. The summed E-state index contributed by atoms with van der Waals surface area (Å²) in [6, 6.07) is 15.9. The van der Waals surface area contributed by atoms with Crippen molar-refractivity contribution in [2.24, 2.45) is 5.92 Å². The van der Waals surface area contributed by atoms with E-state index >= 15 is 0 Å². The van der Waals surface area contributed by atoms with Crippen LogP contribution in [0, 0.1) is 12.8 Å². The molecule has 1 fully saturated rings. The molecular weight excluding hydrogens is 392 g/mol. The van der Waals surface area contributed by atoms with Crippen molar-refractivity contribution >= 4 is 17.2 Å². The highest BCUT2D eigenvalue weighted by Gasteiger charge is 2.32. The summed E-state index contributed by atoms with van der Waals surface area (Å²) in [6.45, 7) is 4.78. The van der Waals surface area contributed by atoms with Gasteiger partial charge >= 0.3 is 0 Å². The normalized spacial score (nSPS) is 16.3. The minimum Gasteiger partial charge on any atom is -0.333 e. The lowest BCUT2D eigenvalue weighted by Crippen LogP contribution is -2.42. The molecular formula is C24H28N4OS. The summed E-state index contributed by atoms with van der Waals surface area (Å²) in [5.74, 6) is 0.261. The van der Waals surface area contributed by atoms with Crippen LogP contribution in [0.15, 0.2) is 60.1 Å². The molecule has 1 amide bonds. The maximum absolute atomic E-state index is 13.4. The molecule has 0 N–H and O–H groups in total. The number of carbonyl (C=O) groups is 1. The van der Waals surface area contributed by atoms with Crippen LogP contribution in [0.1, 0.15) is 40.8 Å². The van der Waals surface area contributed by atoms with E-state index in [1.807, 2.05) is 55.3 Å². The number of hydrogen-bond acceptors (Lipinski definition) is 5. The van der Waals surface area contributed by atoms with Crippen LogP contribution in [0.25, 0.3) is 0 Å². The number of rotatable bonds is 6. The van der Waals surface area contributed by atoms with Crippen LogP contribution in [0.2, 0.25) is 0 Å². The molecule has 0 saturated carbocycles. The zero-order chi connectivity index (χ0) is 20.9. The van der Waals surface area contributed by atoms with Gasteiger partial charge in [0.25, 0.3) is 0 Å². The lowest BCUT2D eigenvalue weighted by atomic mass is 9.93. The number of hydrogen-bond donors (Lipinski definition) is 0. The van der Waals surface area contributed by atoms with Gasteiger partial charge in [0.1, 0.15) is 0 Å². The molecule has 4 rings (SSSR count). The van der Waals surface area contributed by atoms with Crippen LogP contribution in [0.3, 0.4) is 0 Å². The van der Waals surface area contributed by atoms with Crippen LogP contribution in [-0.2, 0) is 11.3 Å². The maximum Gasteiger partial charge on any atom is 0.226 e. The first kappa shape index (κ1) is 20.7. The van der Waals surface area contributed by atoms with Crippen LogP contribution in [0.5, 0.6) is 0 Å². The van der Waals surface area contributed by atoms with Gasteiger partial charge in [-0.15, -0.1) is 11.3 Å². The second-order valence-electron chi connectivity index (χ2n) is 7.93. The zero-order valence-electron chi connectivity index (χ0n) is 17.6. The number of pyridine rings is 1. The molecule has 0 spiro atoms. The molecule has 2 aromatic heterocycles. The predicted octanol–water partition coefficient (Wildman–Crippen LogP) is 4.31. The average Bonchev–Trinajstić information content (AvgIpc) is 3.20. The monoisotopic (exact) mass is 420 g/mol. The fourth-order valence-electron chi connectivity index (χ4n) is 4.23. The zero-order valence-corrected chi connectivity index (χ0v) is 18.4. The number of thiazole rings is 1. The topological polar surface area (TPSA) is 49.3 Å². The van der Waals surface area contributed by atoms with Gasteiger partial charge in [-0.2, -0.15) is 0 Å². The van der Waals surface area contributed by atoms with Gasteiger partial charge in [-0.1, -0.05) is 36.4 Å². The van der Waals surface area contributed by atoms with Crippen molar-refractivity contribution in [3.8, 4) is 0 Å². The Bertz CT molecular complexity index is 912. The van der Waals surface area contributed by atoms with Crippen molar-refractivity contribution < 1.29 is 4.79 Å². The Hall–Kier alpha value is -2.57. The molecule has 1 atom stereocenters. The maximum atomic E-state index is 13.4. The summed E-state index contributed by atoms with van der Waals surface area (Å²) < 4.78 is 0. The first-order valence-electron chi connectivity index (χ1n) is 10.5. The quantitative estimate of drug-likeness (QED) is 0.596. The third-order valence-electron chi connectivity index (χ3n) is 5.81. The molecule has 0 radical (unpaired) electrons. The highest BCUT2D eigenvalue weighted by atomic mass is 32.1. The van der Waals surface area contributed by atoms with Crippen molar-refractivity contribution in [1.82, 2.24) is 19.8 Å². The lowest BCUT2D eigenvalue weighted by molar-refractivity contribution is -0.137. The largest absolute Gasteiger partial charge is 0.333 e. The molecule has 1 aliphatic rings. The van der Waals surface area contributed by atoms with Crippen molar-refractivity contribution in [1.29, 1.82) is 0 Å². The van der Waals surface area contributed by atoms with E-state index < -0.39 is 0 Å². The minimum absolute atomic E-state index is 0.0540. The Morgan fingerprint density at radius 2 is 1.90 bits per heavy atom. The molecule has 1 aromatic carbocycles. The van der Waals surface area contributed by atoms with Crippen molar-refractivity contribution in [2.45, 2.75) is 32.4 Å². The Kier molecular flexibility index (Phi) is 6.55. The van der Waals surface area contributed by atoms with E-state index in [1.165, 1.54) is 0 Å². The van der Waals surface area contributed by atoms with E-state index in [0.717, 1.165) is 54.4 Å². The van der Waals surface area contributed by atoms with Gasteiger partial charge in [-0.25, -0.2) is 4.98 Å². The molecule has 5 nitrogen and oxygen atoms in total. The van der Waals surface area contributed by atoms with E-state index in [2.05, 4.69) is 32.4 Å². The molecule has 0 aliphatic carbocycles. The first-order valence-corrected chi connectivity index (χ1v) is 11.4. The number of amides is 1. The Labute approximate surface area is 182 Å². The van der Waals surface area contributed by atoms with Crippen LogP contribution >= 0.6 is 11.3 Å². The Balaban J connectivity index is 1.44. The molecule has 3 heterocycles. The number of nitrogens with zero attached hydrogens (tertiary/aromatic N) is 4. The smallest absolute Gasteiger partial charge is 0.226 e. The van der Waals surface area contributed by atoms with E-state index in [-0.39, 0.29) is 17.9 Å². The van der Waals surface area contributed by atoms with E-state index in [1.54, 1.807) is 17.5 Å². The fourth-order valence-corrected chi connectivity index (χ4v) is 4.83. The van der Waals surface area contributed by atoms with Gasteiger partial charge in [-0.05, 0) is 50.6 Å². The number of benzene rings is 1. The molecule has 6 heteroatoms. The van der Waals surface area contributed by atoms with Crippen molar-refractivity contribution in [2.75, 3.05) is 20.1 Å². The average molecular weight is 421 g/mol. The van der Waals surface area contributed by atoms with Gasteiger partial charge in [-0.3, -0.25) is 14.7 Å². The predicted molar refractivity (Wildman–Crippen MR) is 120 cm³/mol. The summed E-state index contributed by atoms with van der Waals surface area (Å²) in [7, 11) is 1.92. The highest BCUT2D eigenvalue weighted by Crippen LogP contribution is 2.30. The standard InChI is InChI=1S/C24H28N4OS/c1-18-26-21(17-30-18)16-28-14-11-20(12-15-28)24(29)27(2)23(19-8-4-3-5-9-19)22-10-6-7-13-25-22/h3-10,13,17,20,23H,11-12,14-16H2,1-2H3. The number of carbonyl (C=O) groups excluding carboxylic acids is 1. The minimum atomic E-state index is -0.170. The third kappa shape index (κ3) is 4.77. The summed E-state index contributed by atoms with van der Waals surface area (Å²) in [4.78, 5) is 26.9. The van der Waals surface area contributed by atoms with E-state index in [9.17, 15) is 4.79 Å². The molecule has 0 bridgehead atoms. The van der Waals surface area contributed by atoms with Gasteiger partial charge in [0.05, 0.1) is 22.4 Å². The second-order valence-corrected chi connectivity index (χ2v) is 8.99. The first-order chi connectivity index (χ1) is 14.6. The van der Waals surface area contributed by atoms with Gasteiger partial charge < -0.3 is 4.90 Å². The van der Waals surface area contributed by atoms with Gasteiger partial charge in [0.15, 0.2) is 0 Å². The molecule has 1 aliphatic heterocycles. The highest BCUT2D eigenvalue weighted by molar-refractivity contribution is 7.09. The van der Waals surface area contributed by atoms with E-state index in [4.69, 9.17) is 0 Å². The fraction of sp³-hybridized carbons (Fsp3) is 0.375. The van der Waals surface area contributed by atoms with Crippen molar-refractivity contribution in [3.63, 3.8) is 0 Å². The number of piperidine rings is 1. The lowest BCUT2D eigenvalue weighted by Gasteiger charge is -2.35. The number of likely N-dealkylation sites (tertiary alicyclic amines) is 1. The summed E-state index contributed by atoms with van der Waals surface area (Å²) >= 11 is 1.70. The van der Waals surface area contributed by atoms with Crippen LogP contribution in [-0.4, -0.2) is 45.8 Å². The second kappa shape index (κ2) is 9.49. The van der Waals surface area contributed by atoms with Gasteiger partial charge in [0.2, 0.25) is 5.91 Å². The Morgan fingerprint density at radius 1 is 1.17 bits per heavy atom. The SMILES string of the molecule is Cc1nc(CN2CCC(C(=O)N(C)C(c3ccccc3)c3ccccn3)CC2)cs1. The summed E-state index contributed by atoms with van der Waals surface area (Å²) in [6.07, 6.45) is 3.56. The van der Waals surface area contributed by atoms with E-state index in [0.29, 0.717) is 0 Å². The van der Waals surface area contributed by atoms with Gasteiger partial charge in [0, 0.05) is 31.1 Å². The number of aromatic nitrogens is 2. The Morgan fingerprint density at radius 3 is 2.53 bits per heavy atom. The molecule has 156 valence electrons. The molecule has 30 heavy (non-hydrogen) atoms. The molecule has 1 unspecified atom stereocenters. The third-order valence-corrected chi connectivity index (χ3v) is 6.63. The van der Waals surface area contributed by atoms with Crippen LogP contribution < -0.4 is 0 Å². The molecule has 3 aromatic rings.